The molecule has 23 heavy (non-hydrogen) atoms. The zero-order valence-corrected chi connectivity index (χ0v) is 11.9. The van der Waals surface area contributed by atoms with Gasteiger partial charge in [-0.2, -0.15) is 0 Å². The molecule has 3 aliphatic rings. The second-order valence-electron chi connectivity index (χ2n) is 5.92. The molecule has 0 spiro atoms. The molecule has 7 nitrogen and oxygen atoms in total. The maximum Gasteiger partial charge on any atom is 0.335 e. The molecule has 0 radical (unpaired) electrons. The van der Waals surface area contributed by atoms with Crippen molar-refractivity contribution in [1.29, 1.82) is 0 Å². The van der Waals surface area contributed by atoms with E-state index in [4.69, 9.17) is 9.84 Å². The number of hydrogen-bond acceptors (Lipinski definition) is 5. The number of anilines is 1. The molecule has 3 aliphatic heterocycles. The van der Waals surface area contributed by atoms with Gasteiger partial charge in [-0.15, -0.1) is 0 Å². The van der Waals surface area contributed by atoms with Crippen LogP contribution in [0.15, 0.2) is 36.4 Å². The number of carbonyl (C=O) groups is 3. The van der Waals surface area contributed by atoms with Crippen molar-refractivity contribution in [1.82, 2.24) is 0 Å². The first kappa shape index (κ1) is 14.1. The number of carboxylic acid groups (broad SMARTS) is 1. The fourth-order valence-electron chi connectivity index (χ4n) is 3.69. The van der Waals surface area contributed by atoms with E-state index in [9.17, 15) is 19.5 Å². The van der Waals surface area contributed by atoms with E-state index >= 15 is 0 Å². The van der Waals surface area contributed by atoms with Gasteiger partial charge in [0.1, 0.15) is 5.60 Å². The topological polar surface area (TPSA) is 104 Å². The summed E-state index contributed by atoms with van der Waals surface area (Å²) in [5, 5.41) is 18.5. The molecular formula is C16H13NO6. The summed E-state index contributed by atoms with van der Waals surface area (Å²) in [6, 6.07) is 5.55. The Balaban J connectivity index is 1.72. The van der Waals surface area contributed by atoms with Gasteiger partial charge in [0.15, 0.2) is 0 Å². The number of fused-ring (bicyclic) bond motifs is 5. The minimum atomic E-state index is -1.13. The van der Waals surface area contributed by atoms with Gasteiger partial charge in [-0.25, -0.2) is 9.69 Å². The number of carbonyl (C=O) groups excluding carboxylic acids is 2. The molecule has 4 rings (SSSR count). The summed E-state index contributed by atoms with van der Waals surface area (Å²) < 4.78 is 5.64. The number of aliphatic hydroxyl groups excluding tert-OH is 1. The Bertz CT molecular complexity index is 754. The Morgan fingerprint density at radius 3 is 2.52 bits per heavy atom. The predicted molar refractivity (Wildman–Crippen MR) is 76.7 cm³/mol. The Kier molecular flexibility index (Phi) is 2.76. The first-order valence-corrected chi connectivity index (χ1v) is 7.18. The minimum absolute atomic E-state index is 0.0740. The lowest BCUT2D eigenvalue weighted by Gasteiger charge is -2.26. The number of amides is 2. The summed E-state index contributed by atoms with van der Waals surface area (Å²) in [7, 11) is 0. The second kappa shape index (κ2) is 4.50. The summed E-state index contributed by atoms with van der Waals surface area (Å²) in [6.45, 7) is -0.369. The van der Waals surface area contributed by atoms with Crippen molar-refractivity contribution in [3.05, 3.63) is 42.0 Å². The highest BCUT2D eigenvalue weighted by Crippen LogP contribution is 2.52. The highest BCUT2D eigenvalue weighted by molar-refractivity contribution is 6.23. The van der Waals surface area contributed by atoms with Crippen LogP contribution in [0.3, 0.4) is 0 Å². The average molecular weight is 315 g/mol. The van der Waals surface area contributed by atoms with Crippen LogP contribution in [0.1, 0.15) is 10.4 Å². The quantitative estimate of drug-likeness (QED) is 0.609. The molecule has 3 heterocycles. The van der Waals surface area contributed by atoms with Gasteiger partial charge >= 0.3 is 5.97 Å². The molecule has 0 saturated carbocycles. The number of benzene rings is 1. The van der Waals surface area contributed by atoms with Crippen molar-refractivity contribution >= 4 is 23.5 Å². The van der Waals surface area contributed by atoms with Crippen LogP contribution in [-0.2, 0) is 14.3 Å². The van der Waals surface area contributed by atoms with Gasteiger partial charge in [0.2, 0.25) is 11.8 Å². The highest BCUT2D eigenvalue weighted by atomic mass is 16.5. The lowest BCUT2D eigenvalue weighted by molar-refractivity contribution is -0.128. The van der Waals surface area contributed by atoms with Crippen LogP contribution < -0.4 is 4.90 Å². The van der Waals surface area contributed by atoms with Gasteiger partial charge in [0.25, 0.3) is 0 Å². The molecule has 2 N–H and O–H groups in total. The van der Waals surface area contributed by atoms with Crippen LogP contribution in [-0.4, -0.2) is 46.3 Å². The summed E-state index contributed by atoms with van der Waals surface area (Å²) in [6.07, 6.45) is 2.85. The average Bonchev–Trinajstić information content (AvgIpc) is 3.19. The van der Waals surface area contributed by atoms with Crippen LogP contribution in [0.4, 0.5) is 5.69 Å². The van der Waals surface area contributed by atoms with Crippen LogP contribution in [0.25, 0.3) is 0 Å². The maximum absolute atomic E-state index is 12.7. The van der Waals surface area contributed by atoms with Crippen LogP contribution in [0.2, 0.25) is 0 Å². The van der Waals surface area contributed by atoms with Crippen LogP contribution in [0.5, 0.6) is 0 Å². The summed E-state index contributed by atoms with van der Waals surface area (Å²) in [4.78, 5) is 37.4. The first-order valence-electron chi connectivity index (χ1n) is 7.18. The molecule has 118 valence electrons. The lowest BCUT2D eigenvalue weighted by atomic mass is 9.77. The molecule has 2 fully saturated rings. The fourth-order valence-corrected chi connectivity index (χ4v) is 3.69. The monoisotopic (exact) mass is 315 g/mol. The van der Waals surface area contributed by atoms with E-state index < -0.39 is 35.4 Å². The molecule has 2 amide bonds. The molecule has 4 atom stereocenters. The van der Waals surface area contributed by atoms with E-state index in [2.05, 4.69) is 0 Å². The van der Waals surface area contributed by atoms with Gasteiger partial charge in [0, 0.05) is 0 Å². The zero-order chi connectivity index (χ0) is 16.4. The highest BCUT2D eigenvalue weighted by Gasteiger charge is 2.67. The lowest BCUT2D eigenvalue weighted by Crippen LogP contribution is -2.43. The van der Waals surface area contributed by atoms with E-state index in [0.717, 1.165) is 4.90 Å². The largest absolute Gasteiger partial charge is 0.478 e. The predicted octanol–water partition coefficient (Wildman–Crippen LogP) is 0.190. The van der Waals surface area contributed by atoms with Crippen LogP contribution >= 0.6 is 0 Å². The number of imide groups is 1. The smallest absolute Gasteiger partial charge is 0.335 e. The van der Waals surface area contributed by atoms with E-state index in [0.29, 0.717) is 5.69 Å². The molecule has 2 bridgehead atoms. The molecule has 0 aliphatic carbocycles. The summed E-state index contributed by atoms with van der Waals surface area (Å²) >= 11 is 0. The molecule has 1 aromatic carbocycles. The van der Waals surface area contributed by atoms with Crippen molar-refractivity contribution in [3.63, 3.8) is 0 Å². The third-order valence-electron chi connectivity index (χ3n) is 4.77. The number of carboxylic acids is 1. The zero-order valence-electron chi connectivity index (χ0n) is 11.9. The number of hydrogen-bond donors (Lipinski definition) is 2. The van der Waals surface area contributed by atoms with E-state index in [-0.39, 0.29) is 18.1 Å². The van der Waals surface area contributed by atoms with Crippen molar-refractivity contribution in [3.8, 4) is 0 Å². The fraction of sp³-hybridized carbons (Fsp3) is 0.312. The van der Waals surface area contributed by atoms with Crippen molar-refractivity contribution in [2.75, 3.05) is 11.5 Å². The maximum atomic E-state index is 12.7. The number of nitrogens with zero attached hydrogens (tertiary/aromatic N) is 1. The number of aliphatic hydroxyl groups is 1. The van der Waals surface area contributed by atoms with E-state index in [1.807, 2.05) is 0 Å². The summed E-state index contributed by atoms with van der Waals surface area (Å²) in [5.74, 6) is -3.27. The van der Waals surface area contributed by atoms with Gasteiger partial charge in [-0.05, 0) is 24.3 Å². The molecule has 0 aromatic heterocycles. The van der Waals surface area contributed by atoms with Gasteiger partial charge in [-0.1, -0.05) is 12.2 Å². The molecule has 2 saturated heterocycles. The Hall–Kier alpha value is -2.51. The molecule has 1 aromatic rings. The van der Waals surface area contributed by atoms with Crippen molar-refractivity contribution < 1.29 is 29.3 Å². The van der Waals surface area contributed by atoms with Gasteiger partial charge in [0.05, 0.1) is 35.8 Å². The van der Waals surface area contributed by atoms with E-state index in [1.54, 1.807) is 12.2 Å². The van der Waals surface area contributed by atoms with Crippen molar-refractivity contribution in [2.24, 2.45) is 11.8 Å². The first-order chi connectivity index (χ1) is 11.0. The van der Waals surface area contributed by atoms with E-state index in [1.165, 1.54) is 24.3 Å². The number of rotatable bonds is 3. The minimum Gasteiger partial charge on any atom is -0.478 e. The molecule has 0 unspecified atom stereocenters. The molecular weight excluding hydrogens is 302 g/mol. The van der Waals surface area contributed by atoms with Crippen molar-refractivity contribution in [2.45, 2.75) is 11.7 Å². The Morgan fingerprint density at radius 2 is 1.91 bits per heavy atom. The standard InChI is InChI=1S/C16H13NO6/c18-7-16-6-5-10(23-16)11-12(16)14(20)17(13(11)19)9-3-1-8(2-4-9)15(21)22/h1-6,10-12,18H,7H2,(H,21,22)/t10-,11-,12+,16-/m1/s1. The van der Waals surface area contributed by atoms with Crippen LogP contribution in [0, 0.1) is 11.8 Å². The summed E-state index contributed by atoms with van der Waals surface area (Å²) in [5.41, 5.74) is -0.727. The van der Waals surface area contributed by atoms with Gasteiger partial charge < -0.3 is 14.9 Å². The Morgan fingerprint density at radius 1 is 1.22 bits per heavy atom. The molecule has 7 heteroatoms. The second-order valence-corrected chi connectivity index (χ2v) is 5.92. The third kappa shape index (κ3) is 1.68. The Labute approximate surface area is 130 Å². The normalized spacial score (nSPS) is 34.3. The third-order valence-corrected chi connectivity index (χ3v) is 4.77. The van der Waals surface area contributed by atoms with Gasteiger partial charge in [-0.3, -0.25) is 9.59 Å². The SMILES string of the molecule is O=C(O)c1ccc(N2C(=O)[C@H]3[C@@H](C2=O)[C@]2(CO)C=C[C@H]3O2)cc1. The number of aromatic carboxylic acids is 1. The number of ether oxygens (including phenoxy) is 1.